The van der Waals surface area contributed by atoms with Gasteiger partial charge in [-0.1, -0.05) is 158 Å². The zero-order chi connectivity index (χ0) is 35.8. The van der Waals surface area contributed by atoms with Gasteiger partial charge in [0.05, 0.1) is 16.7 Å². The lowest BCUT2D eigenvalue weighted by molar-refractivity contribution is 1.18. The number of rotatable bonds is 7. The SMILES string of the molecule is c1ccc(-c2ccccc2N(c2ccccc2)c2ccc(-c3cccc4cccc(-c5ccc6c(c5)c5ccccc5n6-c5ccccc5)c34)cc2)cc1. The van der Waals surface area contributed by atoms with Crippen LogP contribution in [0.4, 0.5) is 17.1 Å². The van der Waals surface area contributed by atoms with Crippen LogP contribution in [0.3, 0.4) is 0 Å². The van der Waals surface area contributed by atoms with Gasteiger partial charge in [0.2, 0.25) is 0 Å². The van der Waals surface area contributed by atoms with Gasteiger partial charge < -0.3 is 9.47 Å². The smallest absolute Gasteiger partial charge is 0.0541 e. The summed E-state index contributed by atoms with van der Waals surface area (Å²) in [7, 11) is 0. The van der Waals surface area contributed by atoms with E-state index >= 15 is 0 Å². The van der Waals surface area contributed by atoms with Gasteiger partial charge in [-0.15, -0.1) is 0 Å². The minimum Gasteiger partial charge on any atom is -0.310 e. The van der Waals surface area contributed by atoms with Crippen LogP contribution in [-0.2, 0) is 0 Å². The molecule has 0 atom stereocenters. The average Bonchev–Trinajstić information content (AvgIpc) is 3.58. The van der Waals surface area contributed by atoms with E-state index in [0.717, 1.165) is 17.1 Å². The molecule has 10 rings (SSSR count). The maximum absolute atomic E-state index is 2.38. The molecule has 0 bridgehead atoms. The summed E-state index contributed by atoms with van der Waals surface area (Å²) in [6.07, 6.45) is 0. The van der Waals surface area contributed by atoms with Gasteiger partial charge in [0.15, 0.2) is 0 Å². The number of fused-ring (bicyclic) bond motifs is 4. The molecule has 0 N–H and O–H groups in total. The van der Waals surface area contributed by atoms with Crippen LogP contribution in [-0.4, -0.2) is 4.57 Å². The minimum atomic E-state index is 1.11. The van der Waals surface area contributed by atoms with Gasteiger partial charge in [-0.25, -0.2) is 0 Å². The molecule has 0 spiro atoms. The summed E-state index contributed by atoms with van der Waals surface area (Å²) in [6.45, 7) is 0. The van der Waals surface area contributed by atoms with E-state index in [-0.39, 0.29) is 0 Å². The fraction of sp³-hybridized carbons (Fsp3) is 0. The molecular formula is C52H36N2. The van der Waals surface area contributed by atoms with Crippen molar-refractivity contribution in [2.75, 3.05) is 4.90 Å². The Hall–Kier alpha value is -7.16. The van der Waals surface area contributed by atoms with E-state index in [0.29, 0.717) is 0 Å². The molecule has 2 nitrogen and oxygen atoms in total. The second-order valence-corrected chi connectivity index (χ2v) is 13.7. The molecule has 1 heterocycles. The molecule has 10 aromatic rings. The number of para-hydroxylation sites is 4. The molecule has 254 valence electrons. The third-order valence-corrected chi connectivity index (χ3v) is 10.6. The molecule has 0 radical (unpaired) electrons. The Kier molecular flexibility index (Phi) is 7.85. The number of hydrogen-bond donors (Lipinski definition) is 0. The van der Waals surface area contributed by atoms with E-state index in [9.17, 15) is 0 Å². The third-order valence-electron chi connectivity index (χ3n) is 10.6. The van der Waals surface area contributed by atoms with Crippen LogP contribution in [0.25, 0.3) is 71.6 Å². The first-order chi connectivity index (χ1) is 26.8. The highest BCUT2D eigenvalue weighted by atomic mass is 15.1. The quantitative estimate of drug-likeness (QED) is 0.162. The summed E-state index contributed by atoms with van der Waals surface area (Å²) in [6, 6.07) is 78.8. The number of aromatic nitrogens is 1. The Morgan fingerprint density at radius 3 is 1.63 bits per heavy atom. The van der Waals surface area contributed by atoms with Crippen LogP contribution >= 0.6 is 0 Å². The number of hydrogen-bond acceptors (Lipinski definition) is 1. The molecular weight excluding hydrogens is 653 g/mol. The minimum absolute atomic E-state index is 1.11. The lowest BCUT2D eigenvalue weighted by atomic mass is 9.91. The number of benzene rings is 9. The normalized spacial score (nSPS) is 11.3. The predicted octanol–water partition coefficient (Wildman–Crippen LogP) is 14.4. The van der Waals surface area contributed by atoms with Crippen LogP contribution in [0.5, 0.6) is 0 Å². The molecule has 0 aliphatic carbocycles. The molecule has 9 aromatic carbocycles. The van der Waals surface area contributed by atoms with Gasteiger partial charge in [-0.3, -0.25) is 0 Å². The maximum Gasteiger partial charge on any atom is 0.0541 e. The molecule has 0 aliphatic rings. The monoisotopic (exact) mass is 688 g/mol. The highest BCUT2D eigenvalue weighted by Crippen LogP contribution is 2.43. The zero-order valence-corrected chi connectivity index (χ0v) is 29.7. The largest absolute Gasteiger partial charge is 0.310 e. The first-order valence-corrected chi connectivity index (χ1v) is 18.5. The summed E-state index contributed by atoms with van der Waals surface area (Å²) in [5.41, 5.74) is 14.2. The Morgan fingerprint density at radius 2 is 0.870 bits per heavy atom. The topological polar surface area (TPSA) is 8.17 Å². The van der Waals surface area contributed by atoms with E-state index in [1.54, 1.807) is 0 Å². The number of nitrogens with zero attached hydrogens (tertiary/aromatic N) is 2. The molecule has 54 heavy (non-hydrogen) atoms. The summed E-state index contributed by atoms with van der Waals surface area (Å²) in [4.78, 5) is 2.36. The van der Waals surface area contributed by atoms with Crippen LogP contribution < -0.4 is 4.90 Å². The van der Waals surface area contributed by atoms with Crippen LogP contribution in [0, 0.1) is 0 Å². The Morgan fingerprint density at radius 1 is 0.333 bits per heavy atom. The van der Waals surface area contributed by atoms with Crippen molar-refractivity contribution in [3.63, 3.8) is 0 Å². The molecule has 0 saturated heterocycles. The maximum atomic E-state index is 2.38. The van der Waals surface area contributed by atoms with Crippen LogP contribution in [0.1, 0.15) is 0 Å². The van der Waals surface area contributed by atoms with Crippen LogP contribution in [0.15, 0.2) is 218 Å². The van der Waals surface area contributed by atoms with E-state index in [1.165, 1.54) is 71.6 Å². The number of anilines is 3. The van der Waals surface area contributed by atoms with Crippen molar-refractivity contribution in [2.24, 2.45) is 0 Å². The van der Waals surface area contributed by atoms with Gasteiger partial charge in [0.25, 0.3) is 0 Å². The molecule has 2 heteroatoms. The zero-order valence-electron chi connectivity index (χ0n) is 29.7. The standard InChI is InChI=1S/C52H36N2/c1-4-16-37(17-5-1)44-24-10-12-28-49(44)53(41-20-6-2-7-21-41)43-33-30-38(31-34-43)45-26-14-18-39-19-15-27-46(52(39)45)40-32-35-51-48(36-40)47-25-11-13-29-50(47)54(51)42-22-8-3-9-23-42/h1-36H. The van der Waals surface area contributed by atoms with Gasteiger partial charge in [0, 0.05) is 33.4 Å². The summed E-state index contributed by atoms with van der Waals surface area (Å²) in [5, 5.41) is 4.99. The lowest BCUT2D eigenvalue weighted by Crippen LogP contribution is -2.11. The molecule has 0 aliphatic heterocycles. The second kappa shape index (κ2) is 13.4. The molecule has 1 aromatic heterocycles. The summed E-state index contributed by atoms with van der Waals surface area (Å²) in [5.74, 6) is 0. The van der Waals surface area contributed by atoms with Gasteiger partial charge in [-0.2, -0.15) is 0 Å². The predicted molar refractivity (Wildman–Crippen MR) is 229 cm³/mol. The average molecular weight is 689 g/mol. The van der Waals surface area contributed by atoms with Gasteiger partial charge >= 0.3 is 0 Å². The van der Waals surface area contributed by atoms with E-state index in [4.69, 9.17) is 0 Å². The van der Waals surface area contributed by atoms with Crippen molar-refractivity contribution in [2.45, 2.75) is 0 Å². The summed E-state index contributed by atoms with van der Waals surface area (Å²) < 4.78 is 2.38. The van der Waals surface area contributed by atoms with E-state index < -0.39 is 0 Å². The van der Waals surface area contributed by atoms with E-state index in [2.05, 4.69) is 228 Å². The Balaban J connectivity index is 1.10. The molecule has 0 saturated carbocycles. The molecule has 0 fully saturated rings. The fourth-order valence-corrected chi connectivity index (χ4v) is 8.14. The van der Waals surface area contributed by atoms with Crippen molar-refractivity contribution >= 4 is 49.6 Å². The third kappa shape index (κ3) is 5.44. The van der Waals surface area contributed by atoms with Crippen molar-refractivity contribution in [3.05, 3.63) is 218 Å². The Labute approximate surface area is 315 Å². The van der Waals surface area contributed by atoms with Crippen molar-refractivity contribution < 1.29 is 0 Å². The highest BCUT2D eigenvalue weighted by molar-refractivity contribution is 6.13. The first-order valence-electron chi connectivity index (χ1n) is 18.5. The molecule has 0 unspecified atom stereocenters. The van der Waals surface area contributed by atoms with Crippen LogP contribution in [0.2, 0.25) is 0 Å². The van der Waals surface area contributed by atoms with Crippen molar-refractivity contribution in [1.82, 2.24) is 4.57 Å². The second-order valence-electron chi connectivity index (χ2n) is 13.7. The van der Waals surface area contributed by atoms with Gasteiger partial charge in [0.1, 0.15) is 0 Å². The summed E-state index contributed by atoms with van der Waals surface area (Å²) >= 11 is 0. The van der Waals surface area contributed by atoms with Crippen molar-refractivity contribution in [3.8, 4) is 39.1 Å². The lowest BCUT2D eigenvalue weighted by Gasteiger charge is -2.28. The Bertz CT molecular complexity index is 2900. The van der Waals surface area contributed by atoms with E-state index in [1.807, 2.05) is 0 Å². The highest BCUT2D eigenvalue weighted by Gasteiger charge is 2.19. The first kappa shape index (κ1) is 31.6. The fourth-order valence-electron chi connectivity index (χ4n) is 8.14. The molecule has 0 amide bonds. The van der Waals surface area contributed by atoms with Gasteiger partial charge in [-0.05, 0) is 99.3 Å². The van der Waals surface area contributed by atoms with Crippen molar-refractivity contribution in [1.29, 1.82) is 0 Å².